The molecule has 0 saturated carbocycles. The van der Waals surface area contributed by atoms with Crippen LogP contribution in [0, 0.1) is 0 Å². The first-order valence-corrected chi connectivity index (χ1v) is 10.5. The molecule has 1 aliphatic rings. The van der Waals surface area contributed by atoms with Crippen LogP contribution in [0.3, 0.4) is 0 Å². The summed E-state index contributed by atoms with van der Waals surface area (Å²) in [5.41, 5.74) is 2.10. The molecule has 0 unspecified atom stereocenters. The van der Waals surface area contributed by atoms with E-state index < -0.39 is 0 Å². The van der Waals surface area contributed by atoms with Crippen LogP contribution in [0.2, 0.25) is 10.2 Å². The first-order chi connectivity index (χ1) is 13.6. The molecule has 9 heteroatoms. The monoisotopic (exact) mass is 550 g/mol. The maximum Gasteiger partial charge on any atom is 0.191 e. The molecule has 0 spiro atoms. The fourth-order valence-corrected chi connectivity index (χ4v) is 3.76. The van der Waals surface area contributed by atoms with Gasteiger partial charge in [-0.05, 0) is 30.5 Å². The molecule has 3 rings (SSSR count). The largest absolute Gasteiger partial charge is 0.357 e. The molecule has 2 aromatic rings. The van der Waals surface area contributed by atoms with Crippen LogP contribution in [0.4, 0.5) is 5.82 Å². The van der Waals surface area contributed by atoms with Gasteiger partial charge in [0, 0.05) is 45.6 Å². The summed E-state index contributed by atoms with van der Waals surface area (Å²) in [7, 11) is 3.64. The molecule has 160 valence electrons. The lowest BCUT2D eigenvalue weighted by Gasteiger charge is -2.21. The third-order valence-electron chi connectivity index (χ3n) is 5.08. The first kappa shape index (κ1) is 24.1. The van der Waals surface area contributed by atoms with E-state index in [0.29, 0.717) is 29.2 Å². The lowest BCUT2D eigenvalue weighted by Crippen LogP contribution is -2.36. The molecule has 0 aliphatic carbocycles. The van der Waals surface area contributed by atoms with Gasteiger partial charge in [0.25, 0.3) is 0 Å². The zero-order chi connectivity index (χ0) is 19.9. The number of guanidine groups is 1. The van der Waals surface area contributed by atoms with Crippen molar-refractivity contribution < 1.29 is 0 Å². The van der Waals surface area contributed by atoms with Crippen molar-refractivity contribution in [1.29, 1.82) is 0 Å². The van der Waals surface area contributed by atoms with Crippen LogP contribution >= 0.6 is 47.2 Å². The van der Waals surface area contributed by atoms with Crippen molar-refractivity contribution in [3.63, 3.8) is 0 Å². The van der Waals surface area contributed by atoms with Crippen molar-refractivity contribution in [2.75, 3.05) is 25.0 Å². The fourth-order valence-electron chi connectivity index (χ4n) is 3.35. The SMILES string of the molecule is CN=C(NCc1ccc(N2CCCCCC2)nc1)NCc1cc(Cl)c(Cl)n1C.I. The number of hydrogen-bond acceptors (Lipinski definition) is 3. The number of nitrogens with zero attached hydrogens (tertiary/aromatic N) is 4. The molecule has 0 aromatic carbocycles. The molecule has 0 radical (unpaired) electrons. The zero-order valence-electron chi connectivity index (χ0n) is 16.9. The summed E-state index contributed by atoms with van der Waals surface area (Å²) in [5, 5.41) is 7.69. The average molecular weight is 551 g/mol. The van der Waals surface area contributed by atoms with Gasteiger partial charge >= 0.3 is 0 Å². The van der Waals surface area contributed by atoms with Crippen molar-refractivity contribution in [3.8, 4) is 0 Å². The maximum atomic E-state index is 6.11. The van der Waals surface area contributed by atoms with Gasteiger partial charge < -0.3 is 20.1 Å². The maximum absolute atomic E-state index is 6.11. The van der Waals surface area contributed by atoms with Crippen molar-refractivity contribution in [2.45, 2.75) is 38.8 Å². The molecule has 1 saturated heterocycles. The predicted octanol–water partition coefficient (Wildman–Crippen LogP) is 4.59. The number of halogens is 3. The van der Waals surface area contributed by atoms with E-state index in [1.165, 1.54) is 25.7 Å². The minimum absolute atomic E-state index is 0. The predicted molar refractivity (Wildman–Crippen MR) is 133 cm³/mol. The van der Waals surface area contributed by atoms with Crippen LogP contribution in [0.25, 0.3) is 0 Å². The third kappa shape index (κ3) is 6.65. The zero-order valence-corrected chi connectivity index (χ0v) is 20.8. The smallest absolute Gasteiger partial charge is 0.191 e. The number of aromatic nitrogens is 2. The molecule has 1 fully saturated rings. The summed E-state index contributed by atoms with van der Waals surface area (Å²) in [6.07, 6.45) is 7.10. The molecule has 0 bridgehead atoms. The molecule has 6 nitrogen and oxygen atoms in total. The first-order valence-electron chi connectivity index (χ1n) is 9.72. The number of anilines is 1. The Bertz CT molecular complexity index is 798. The Kier molecular flexibility index (Phi) is 9.85. The highest BCUT2D eigenvalue weighted by Gasteiger charge is 2.11. The van der Waals surface area contributed by atoms with E-state index in [1.54, 1.807) is 7.05 Å². The van der Waals surface area contributed by atoms with E-state index in [0.717, 1.165) is 30.2 Å². The van der Waals surface area contributed by atoms with Gasteiger partial charge in [-0.15, -0.1) is 24.0 Å². The van der Waals surface area contributed by atoms with Crippen LogP contribution in [0.5, 0.6) is 0 Å². The lowest BCUT2D eigenvalue weighted by atomic mass is 10.2. The van der Waals surface area contributed by atoms with Crippen molar-refractivity contribution in [2.24, 2.45) is 12.0 Å². The van der Waals surface area contributed by atoms with Crippen molar-refractivity contribution in [3.05, 3.63) is 45.8 Å². The highest BCUT2D eigenvalue weighted by Crippen LogP contribution is 2.25. The van der Waals surface area contributed by atoms with Gasteiger partial charge in [-0.2, -0.15) is 0 Å². The number of nitrogens with one attached hydrogen (secondary N) is 2. The molecular formula is C20H29Cl2IN6. The number of rotatable bonds is 5. The van der Waals surface area contributed by atoms with E-state index in [4.69, 9.17) is 23.2 Å². The minimum Gasteiger partial charge on any atom is -0.357 e. The van der Waals surface area contributed by atoms with Gasteiger partial charge in [0.15, 0.2) is 5.96 Å². The van der Waals surface area contributed by atoms with Gasteiger partial charge in [0.1, 0.15) is 11.0 Å². The number of aliphatic imine (C=N–C) groups is 1. The minimum atomic E-state index is 0. The quantitative estimate of drug-likeness (QED) is 0.325. The topological polar surface area (TPSA) is 57.5 Å². The molecular weight excluding hydrogens is 522 g/mol. The van der Waals surface area contributed by atoms with Crippen LogP contribution in [-0.4, -0.2) is 35.6 Å². The van der Waals surface area contributed by atoms with Crippen molar-refractivity contribution in [1.82, 2.24) is 20.2 Å². The summed E-state index contributed by atoms with van der Waals surface area (Å²) in [4.78, 5) is 11.3. The Labute approximate surface area is 200 Å². The summed E-state index contributed by atoms with van der Waals surface area (Å²) >= 11 is 12.2. The average Bonchev–Trinajstić information content (AvgIpc) is 2.92. The molecule has 1 aliphatic heterocycles. The van der Waals surface area contributed by atoms with Crippen LogP contribution < -0.4 is 15.5 Å². The normalized spacial score (nSPS) is 14.9. The second-order valence-corrected chi connectivity index (χ2v) is 7.80. The highest BCUT2D eigenvalue weighted by molar-refractivity contribution is 14.0. The summed E-state index contributed by atoms with van der Waals surface area (Å²) < 4.78 is 1.86. The van der Waals surface area contributed by atoms with Crippen LogP contribution in [-0.2, 0) is 20.1 Å². The molecule has 0 amide bonds. The Morgan fingerprint density at radius 3 is 2.34 bits per heavy atom. The highest BCUT2D eigenvalue weighted by atomic mass is 127. The van der Waals surface area contributed by atoms with E-state index in [2.05, 4.69) is 37.6 Å². The molecule has 29 heavy (non-hydrogen) atoms. The molecule has 2 aromatic heterocycles. The summed E-state index contributed by atoms with van der Waals surface area (Å²) in [6.45, 7) is 3.44. The van der Waals surface area contributed by atoms with Crippen LogP contribution in [0.15, 0.2) is 29.4 Å². The standard InChI is InChI=1S/C20H28Cl2N6.HI/c1-23-20(26-14-16-11-17(21)19(22)27(16)2)25-13-15-7-8-18(24-12-15)28-9-5-3-4-6-10-28;/h7-8,11-12H,3-6,9-10,13-14H2,1-2H3,(H2,23,25,26);1H. The number of hydrogen-bond donors (Lipinski definition) is 2. The summed E-state index contributed by atoms with van der Waals surface area (Å²) in [5.74, 6) is 1.79. The van der Waals surface area contributed by atoms with Crippen molar-refractivity contribution >= 4 is 59.0 Å². The van der Waals surface area contributed by atoms with E-state index in [1.807, 2.05) is 23.9 Å². The van der Waals surface area contributed by atoms with Gasteiger partial charge in [-0.3, -0.25) is 4.99 Å². The van der Waals surface area contributed by atoms with E-state index in [-0.39, 0.29) is 24.0 Å². The molecule has 2 N–H and O–H groups in total. The Balaban J connectivity index is 0.00000300. The summed E-state index contributed by atoms with van der Waals surface area (Å²) in [6, 6.07) is 6.10. The molecule has 0 atom stereocenters. The second-order valence-electron chi connectivity index (χ2n) is 7.04. The van der Waals surface area contributed by atoms with Gasteiger partial charge in [-0.25, -0.2) is 4.98 Å². The Morgan fingerprint density at radius 1 is 1.10 bits per heavy atom. The second kappa shape index (κ2) is 11.9. The Morgan fingerprint density at radius 2 is 1.79 bits per heavy atom. The van der Waals surface area contributed by atoms with Gasteiger partial charge in [-0.1, -0.05) is 42.1 Å². The van der Waals surface area contributed by atoms with Crippen LogP contribution in [0.1, 0.15) is 36.9 Å². The van der Waals surface area contributed by atoms with Gasteiger partial charge in [0.2, 0.25) is 0 Å². The van der Waals surface area contributed by atoms with E-state index in [9.17, 15) is 0 Å². The fraction of sp³-hybridized carbons (Fsp3) is 0.500. The third-order valence-corrected chi connectivity index (χ3v) is 5.92. The molecule has 3 heterocycles. The lowest BCUT2D eigenvalue weighted by molar-refractivity contribution is 0.726. The van der Waals surface area contributed by atoms with Gasteiger partial charge in [0.05, 0.1) is 11.6 Å². The van der Waals surface area contributed by atoms with E-state index >= 15 is 0 Å². The Hall–Kier alpha value is -1.19. The number of pyridine rings is 1.